The smallest absolute Gasteiger partial charge is 0.179 e. The summed E-state index contributed by atoms with van der Waals surface area (Å²) in [6, 6.07) is 8.00. The van der Waals surface area contributed by atoms with Gasteiger partial charge in [0.2, 0.25) is 0 Å². The van der Waals surface area contributed by atoms with Gasteiger partial charge in [0, 0.05) is 21.9 Å². The van der Waals surface area contributed by atoms with E-state index >= 15 is 0 Å². The second kappa shape index (κ2) is 6.75. The van der Waals surface area contributed by atoms with Crippen LogP contribution < -0.4 is 18.9 Å². The Labute approximate surface area is 168 Å². The van der Waals surface area contributed by atoms with Gasteiger partial charge in [0.25, 0.3) is 0 Å². The van der Waals surface area contributed by atoms with E-state index in [2.05, 4.69) is 12.1 Å². The average molecular weight is 408 g/mol. The Kier molecular flexibility index (Phi) is 4.09. The number of hydrogen-bond acceptors (Lipinski definition) is 8. The van der Waals surface area contributed by atoms with Crippen molar-refractivity contribution in [2.75, 3.05) is 26.4 Å². The molecule has 0 N–H and O–H groups in total. The van der Waals surface area contributed by atoms with Gasteiger partial charge in [-0.15, -0.1) is 22.7 Å². The highest BCUT2D eigenvalue weighted by molar-refractivity contribution is 7.14. The second-order valence-electron chi connectivity index (χ2n) is 6.08. The van der Waals surface area contributed by atoms with Crippen LogP contribution in [0.5, 0.6) is 23.0 Å². The molecule has 0 saturated heterocycles. The molecule has 0 bridgehead atoms. The van der Waals surface area contributed by atoms with Gasteiger partial charge < -0.3 is 18.9 Å². The molecule has 6 nitrogen and oxygen atoms in total. The summed E-state index contributed by atoms with van der Waals surface area (Å²) in [5, 5.41) is 23.3. The maximum Gasteiger partial charge on any atom is 0.179 e. The molecule has 0 atom stereocenters. The molecule has 0 aliphatic carbocycles. The summed E-state index contributed by atoms with van der Waals surface area (Å²) >= 11 is 2.88. The number of fused-ring (bicyclic) bond motifs is 2. The Morgan fingerprint density at radius 2 is 1.11 bits per heavy atom. The van der Waals surface area contributed by atoms with Crippen LogP contribution in [0.15, 0.2) is 22.9 Å². The molecule has 4 heterocycles. The highest BCUT2D eigenvalue weighted by Gasteiger charge is 2.26. The van der Waals surface area contributed by atoms with E-state index in [-0.39, 0.29) is 0 Å². The summed E-state index contributed by atoms with van der Waals surface area (Å²) in [6.45, 7) is 1.92. The molecule has 2 aromatic heterocycles. The topological polar surface area (TPSA) is 84.5 Å². The number of ether oxygens (including phenoxy) is 4. The van der Waals surface area contributed by atoms with Gasteiger partial charge in [-0.2, -0.15) is 10.5 Å². The van der Waals surface area contributed by atoms with Crippen LogP contribution in [0.4, 0.5) is 0 Å². The van der Waals surface area contributed by atoms with E-state index < -0.39 is 0 Å². The van der Waals surface area contributed by atoms with Crippen molar-refractivity contribution < 1.29 is 18.9 Å². The van der Waals surface area contributed by atoms with Crippen molar-refractivity contribution in [1.29, 1.82) is 10.5 Å². The van der Waals surface area contributed by atoms with Crippen molar-refractivity contribution in [3.8, 4) is 56.0 Å². The molecule has 28 heavy (non-hydrogen) atoms. The molecule has 0 saturated carbocycles. The molecular formula is C20H12N2O4S2. The van der Waals surface area contributed by atoms with Crippen LogP contribution >= 0.6 is 22.7 Å². The monoisotopic (exact) mass is 408 g/mol. The summed E-state index contributed by atoms with van der Waals surface area (Å²) in [5.74, 6) is 2.62. The van der Waals surface area contributed by atoms with Gasteiger partial charge in [0.1, 0.15) is 26.4 Å². The van der Waals surface area contributed by atoms with Crippen molar-refractivity contribution in [3.05, 3.63) is 34.0 Å². The van der Waals surface area contributed by atoms with Gasteiger partial charge in [-0.3, -0.25) is 0 Å². The molecule has 2 aliphatic rings. The summed E-state index contributed by atoms with van der Waals surface area (Å²) in [5.41, 5.74) is 2.27. The number of hydrogen-bond donors (Lipinski definition) is 0. The Hall–Kier alpha value is -3.20. The van der Waals surface area contributed by atoms with Crippen molar-refractivity contribution in [2.45, 2.75) is 0 Å². The lowest BCUT2D eigenvalue weighted by atomic mass is 9.97. The zero-order valence-corrected chi connectivity index (χ0v) is 16.1. The minimum Gasteiger partial charge on any atom is -0.485 e. The zero-order chi connectivity index (χ0) is 19.1. The SMILES string of the molecule is N#Cc1cc(-c2scc3c2OCCO3)c(C#N)cc1-c1scc2c1OCCO2. The zero-order valence-electron chi connectivity index (χ0n) is 14.5. The lowest BCUT2D eigenvalue weighted by molar-refractivity contribution is 0.174. The first-order chi connectivity index (χ1) is 13.8. The van der Waals surface area contributed by atoms with E-state index in [0.717, 1.165) is 9.75 Å². The minimum absolute atomic E-state index is 0.459. The molecule has 138 valence electrons. The van der Waals surface area contributed by atoms with Crippen LogP contribution in [0.1, 0.15) is 11.1 Å². The second-order valence-corrected chi connectivity index (χ2v) is 7.84. The van der Waals surface area contributed by atoms with Gasteiger partial charge in [-0.25, -0.2) is 0 Å². The Morgan fingerprint density at radius 1 is 0.679 bits per heavy atom. The van der Waals surface area contributed by atoms with Crippen LogP contribution in [-0.2, 0) is 0 Å². The fraction of sp³-hybridized carbons (Fsp3) is 0.200. The van der Waals surface area contributed by atoms with E-state index in [1.807, 2.05) is 10.8 Å². The maximum absolute atomic E-state index is 9.79. The predicted octanol–water partition coefficient (Wildman–Crippen LogP) is 4.43. The van der Waals surface area contributed by atoms with Gasteiger partial charge in [-0.05, 0) is 12.1 Å². The molecule has 5 rings (SSSR count). The van der Waals surface area contributed by atoms with E-state index in [0.29, 0.717) is 71.7 Å². The molecule has 0 radical (unpaired) electrons. The quantitative estimate of drug-likeness (QED) is 0.624. The van der Waals surface area contributed by atoms with Gasteiger partial charge in [0.05, 0.1) is 33.0 Å². The molecule has 3 aromatic rings. The number of rotatable bonds is 2. The standard InChI is InChI=1S/C20H12N2O4S2/c21-7-11-6-14(20-18-16(10-28-20)24-2-4-26-18)12(8-22)5-13(11)19-17-15(9-27-19)23-1-3-25-17/h5-6,9-10H,1-4H2. The van der Waals surface area contributed by atoms with Crippen molar-refractivity contribution in [1.82, 2.24) is 0 Å². The van der Waals surface area contributed by atoms with E-state index in [1.165, 1.54) is 22.7 Å². The van der Waals surface area contributed by atoms with E-state index in [1.54, 1.807) is 12.1 Å². The predicted molar refractivity (Wildman–Crippen MR) is 104 cm³/mol. The fourth-order valence-electron chi connectivity index (χ4n) is 3.26. The Bertz CT molecular complexity index is 1070. The third-order valence-corrected chi connectivity index (χ3v) is 6.44. The summed E-state index contributed by atoms with van der Waals surface area (Å²) < 4.78 is 22.7. The average Bonchev–Trinajstić information content (AvgIpc) is 3.37. The lowest BCUT2D eigenvalue weighted by Gasteiger charge is -2.18. The molecule has 8 heteroatoms. The normalized spacial score (nSPS) is 14.2. The first-order valence-corrected chi connectivity index (χ1v) is 10.3. The highest BCUT2D eigenvalue weighted by atomic mass is 32.1. The lowest BCUT2D eigenvalue weighted by Crippen LogP contribution is -2.14. The largest absolute Gasteiger partial charge is 0.485 e. The van der Waals surface area contributed by atoms with Gasteiger partial charge in [-0.1, -0.05) is 0 Å². The number of benzene rings is 1. The fourth-order valence-corrected chi connectivity index (χ4v) is 5.18. The minimum atomic E-state index is 0.459. The van der Waals surface area contributed by atoms with Crippen molar-refractivity contribution >= 4 is 22.7 Å². The van der Waals surface area contributed by atoms with Crippen LogP contribution in [0.2, 0.25) is 0 Å². The summed E-state index contributed by atoms with van der Waals surface area (Å²) in [4.78, 5) is 1.59. The molecular weight excluding hydrogens is 396 g/mol. The number of nitrogens with zero attached hydrogens (tertiary/aromatic N) is 2. The molecule has 0 amide bonds. The van der Waals surface area contributed by atoms with Crippen LogP contribution in [0.25, 0.3) is 20.9 Å². The highest BCUT2D eigenvalue weighted by Crippen LogP contribution is 2.50. The third kappa shape index (κ3) is 2.58. The third-order valence-electron chi connectivity index (χ3n) is 4.49. The van der Waals surface area contributed by atoms with Crippen molar-refractivity contribution in [3.63, 3.8) is 0 Å². The molecule has 1 aromatic carbocycles. The van der Waals surface area contributed by atoms with E-state index in [4.69, 9.17) is 18.9 Å². The molecule has 0 spiro atoms. The van der Waals surface area contributed by atoms with E-state index in [9.17, 15) is 10.5 Å². The molecule has 2 aliphatic heterocycles. The first-order valence-electron chi connectivity index (χ1n) is 8.53. The van der Waals surface area contributed by atoms with Crippen molar-refractivity contribution in [2.24, 2.45) is 0 Å². The Morgan fingerprint density at radius 3 is 1.54 bits per heavy atom. The molecule has 0 fully saturated rings. The van der Waals surface area contributed by atoms with Crippen LogP contribution in [0, 0.1) is 22.7 Å². The van der Waals surface area contributed by atoms with Crippen LogP contribution in [-0.4, -0.2) is 26.4 Å². The van der Waals surface area contributed by atoms with Gasteiger partial charge in [0.15, 0.2) is 23.0 Å². The summed E-state index contributed by atoms with van der Waals surface area (Å²) in [7, 11) is 0. The summed E-state index contributed by atoms with van der Waals surface area (Å²) in [6.07, 6.45) is 0. The van der Waals surface area contributed by atoms with Crippen LogP contribution in [0.3, 0.4) is 0 Å². The first kappa shape index (κ1) is 16.9. The van der Waals surface area contributed by atoms with Gasteiger partial charge >= 0.3 is 0 Å². The number of nitriles is 2. The Balaban J connectivity index is 1.69. The maximum atomic E-state index is 9.79. The molecule has 0 unspecified atom stereocenters. The number of thiophene rings is 2.